The van der Waals surface area contributed by atoms with Crippen molar-refractivity contribution >= 4 is 15.9 Å². The molecule has 0 aliphatic carbocycles. The molecule has 0 saturated heterocycles. The van der Waals surface area contributed by atoms with Crippen LogP contribution in [0.3, 0.4) is 0 Å². The highest BCUT2D eigenvalue weighted by Crippen LogP contribution is 2.24. The van der Waals surface area contributed by atoms with Crippen LogP contribution < -0.4 is 4.74 Å². The van der Waals surface area contributed by atoms with Crippen molar-refractivity contribution in [2.24, 2.45) is 5.92 Å². The Hall–Kier alpha value is -1.28. The van der Waals surface area contributed by atoms with Crippen LogP contribution in [-0.4, -0.2) is 6.61 Å². The molecule has 0 saturated carbocycles. The average Bonchev–Trinajstić information content (AvgIpc) is 2.38. The van der Waals surface area contributed by atoms with Crippen molar-refractivity contribution in [2.45, 2.75) is 13.8 Å². The molecule has 0 amide bonds. The van der Waals surface area contributed by atoms with Crippen molar-refractivity contribution in [3.8, 4) is 16.9 Å². The third-order valence-corrected chi connectivity index (χ3v) is 3.14. The highest BCUT2D eigenvalue weighted by molar-refractivity contribution is 9.10. The van der Waals surface area contributed by atoms with Crippen LogP contribution in [0.5, 0.6) is 5.75 Å². The second-order valence-electron chi connectivity index (χ2n) is 4.74. The topological polar surface area (TPSA) is 9.23 Å². The Bertz CT molecular complexity index is 486. The van der Waals surface area contributed by atoms with E-state index in [1.54, 1.807) is 0 Å². The minimum Gasteiger partial charge on any atom is -0.493 e. The van der Waals surface area contributed by atoms with Gasteiger partial charge in [-0.2, -0.15) is 0 Å². The van der Waals surface area contributed by atoms with E-state index in [-0.39, 0.29) is 0 Å². The predicted molar refractivity (Wildman–Crippen MR) is 79.9 cm³/mol. The summed E-state index contributed by atoms with van der Waals surface area (Å²) in [7, 11) is 0. The Morgan fingerprint density at radius 3 is 1.89 bits per heavy atom. The molecule has 1 nitrogen and oxygen atoms in total. The van der Waals surface area contributed by atoms with E-state index in [1.807, 2.05) is 12.1 Å². The van der Waals surface area contributed by atoms with Gasteiger partial charge >= 0.3 is 0 Å². The van der Waals surface area contributed by atoms with Crippen molar-refractivity contribution in [2.75, 3.05) is 6.61 Å². The first kappa shape index (κ1) is 13.2. The van der Waals surface area contributed by atoms with Gasteiger partial charge in [-0.05, 0) is 41.3 Å². The van der Waals surface area contributed by atoms with Gasteiger partial charge in [0, 0.05) is 4.47 Å². The van der Waals surface area contributed by atoms with Gasteiger partial charge in [-0.15, -0.1) is 0 Å². The minimum atomic E-state index is 0.552. The second kappa shape index (κ2) is 6.05. The lowest BCUT2D eigenvalue weighted by Crippen LogP contribution is -2.04. The van der Waals surface area contributed by atoms with Gasteiger partial charge in [0.05, 0.1) is 6.61 Å². The molecule has 0 bridgehead atoms. The van der Waals surface area contributed by atoms with E-state index in [0.29, 0.717) is 5.92 Å². The number of benzene rings is 2. The Morgan fingerprint density at radius 1 is 0.889 bits per heavy atom. The zero-order valence-corrected chi connectivity index (χ0v) is 12.3. The minimum absolute atomic E-state index is 0.552. The van der Waals surface area contributed by atoms with Gasteiger partial charge in [-0.3, -0.25) is 0 Å². The van der Waals surface area contributed by atoms with Gasteiger partial charge < -0.3 is 4.74 Å². The summed E-state index contributed by atoms with van der Waals surface area (Å²) in [6.45, 7) is 5.06. The first-order chi connectivity index (χ1) is 8.65. The summed E-state index contributed by atoms with van der Waals surface area (Å²) in [5, 5.41) is 0. The summed E-state index contributed by atoms with van der Waals surface area (Å²) >= 11 is 3.44. The van der Waals surface area contributed by atoms with Crippen molar-refractivity contribution < 1.29 is 4.74 Å². The fourth-order valence-electron chi connectivity index (χ4n) is 1.65. The SMILES string of the molecule is CC(C)COc1ccc(-c2ccc(Br)cc2)cc1. The largest absolute Gasteiger partial charge is 0.493 e. The van der Waals surface area contributed by atoms with Gasteiger partial charge in [0.15, 0.2) is 0 Å². The van der Waals surface area contributed by atoms with Crippen molar-refractivity contribution in [3.63, 3.8) is 0 Å². The standard InChI is InChI=1S/C16H17BrO/c1-12(2)11-18-16-9-5-14(6-10-16)13-3-7-15(17)8-4-13/h3-10,12H,11H2,1-2H3. The van der Waals surface area contributed by atoms with Gasteiger partial charge in [-0.1, -0.05) is 54.0 Å². The quantitative estimate of drug-likeness (QED) is 0.759. The second-order valence-corrected chi connectivity index (χ2v) is 5.65. The molecule has 18 heavy (non-hydrogen) atoms. The van der Waals surface area contributed by atoms with Crippen molar-refractivity contribution in [3.05, 3.63) is 53.0 Å². The number of hydrogen-bond acceptors (Lipinski definition) is 1. The molecule has 94 valence electrons. The Morgan fingerprint density at radius 2 is 1.39 bits per heavy atom. The first-order valence-corrected chi connectivity index (χ1v) is 6.93. The maximum Gasteiger partial charge on any atom is 0.119 e. The molecule has 0 atom stereocenters. The van der Waals surface area contributed by atoms with Crippen LogP contribution in [0.1, 0.15) is 13.8 Å². The Labute approximate surface area is 117 Å². The third-order valence-electron chi connectivity index (χ3n) is 2.62. The lowest BCUT2D eigenvalue weighted by atomic mass is 10.1. The monoisotopic (exact) mass is 304 g/mol. The summed E-state index contributed by atoms with van der Waals surface area (Å²) in [6, 6.07) is 16.6. The van der Waals surface area contributed by atoms with Crippen molar-refractivity contribution in [1.29, 1.82) is 0 Å². The van der Waals surface area contributed by atoms with Crippen LogP contribution in [0.25, 0.3) is 11.1 Å². The molecule has 0 aromatic heterocycles. The summed E-state index contributed by atoms with van der Waals surface area (Å²) < 4.78 is 6.77. The van der Waals surface area contributed by atoms with Crippen LogP contribution in [0, 0.1) is 5.92 Å². The molecule has 0 spiro atoms. The number of hydrogen-bond donors (Lipinski definition) is 0. The number of rotatable bonds is 4. The van der Waals surface area contributed by atoms with E-state index >= 15 is 0 Å². The van der Waals surface area contributed by atoms with E-state index in [4.69, 9.17) is 4.74 Å². The Kier molecular flexibility index (Phi) is 4.43. The van der Waals surface area contributed by atoms with Gasteiger partial charge in [0.25, 0.3) is 0 Å². The molecule has 0 aliphatic rings. The van der Waals surface area contributed by atoms with Crippen LogP contribution in [-0.2, 0) is 0 Å². The maximum absolute atomic E-state index is 5.67. The maximum atomic E-state index is 5.67. The summed E-state index contributed by atoms with van der Waals surface area (Å²) in [5.74, 6) is 1.49. The summed E-state index contributed by atoms with van der Waals surface area (Å²) in [5.41, 5.74) is 2.42. The molecule has 0 heterocycles. The molecular weight excluding hydrogens is 288 g/mol. The van der Waals surface area contributed by atoms with Crippen LogP contribution in [0.2, 0.25) is 0 Å². The smallest absolute Gasteiger partial charge is 0.119 e. The fourth-order valence-corrected chi connectivity index (χ4v) is 1.91. The molecular formula is C16H17BrO. The third kappa shape index (κ3) is 3.61. The molecule has 0 fully saturated rings. The van der Waals surface area contributed by atoms with E-state index < -0.39 is 0 Å². The van der Waals surface area contributed by atoms with E-state index in [1.165, 1.54) is 11.1 Å². The number of ether oxygens (including phenoxy) is 1. The first-order valence-electron chi connectivity index (χ1n) is 6.14. The summed E-state index contributed by atoms with van der Waals surface area (Å²) in [4.78, 5) is 0. The zero-order chi connectivity index (χ0) is 13.0. The lowest BCUT2D eigenvalue weighted by Gasteiger charge is -2.09. The molecule has 0 unspecified atom stereocenters. The number of halogens is 1. The van der Waals surface area contributed by atoms with Crippen LogP contribution in [0.4, 0.5) is 0 Å². The van der Waals surface area contributed by atoms with Crippen molar-refractivity contribution in [1.82, 2.24) is 0 Å². The van der Waals surface area contributed by atoms with Crippen LogP contribution in [0.15, 0.2) is 53.0 Å². The normalized spacial score (nSPS) is 10.7. The van der Waals surface area contributed by atoms with E-state index in [2.05, 4.69) is 66.2 Å². The molecule has 2 aromatic rings. The molecule has 2 rings (SSSR count). The molecule has 0 N–H and O–H groups in total. The zero-order valence-electron chi connectivity index (χ0n) is 10.7. The average molecular weight is 305 g/mol. The molecule has 2 heteroatoms. The van der Waals surface area contributed by atoms with Gasteiger partial charge in [0.2, 0.25) is 0 Å². The fraction of sp³-hybridized carbons (Fsp3) is 0.250. The highest BCUT2D eigenvalue weighted by atomic mass is 79.9. The predicted octanol–water partition coefficient (Wildman–Crippen LogP) is 5.15. The Balaban J connectivity index is 2.09. The highest BCUT2D eigenvalue weighted by Gasteiger charge is 2.00. The molecule has 0 radical (unpaired) electrons. The van der Waals surface area contributed by atoms with Gasteiger partial charge in [-0.25, -0.2) is 0 Å². The lowest BCUT2D eigenvalue weighted by molar-refractivity contribution is 0.271. The van der Waals surface area contributed by atoms with Gasteiger partial charge in [0.1, 0.15) is 5.75 Å². The van der Waals surface area contributed by atoms with E-state index in [9.17, 15) is 0 Å². The van der Waals surface area contributed by atoms with E-state index in [0.717, 1.165) is 16.8 Å². The molecule has 2 aromatic carbocycles. The summed E-state index contributed by atoms with van der Waals surface area (Å²) in [6.07, 6.45) is 0. The molecule has 0 aliphatic heterocycles. The van der Waals surface area contributed by atoms with Crippen LogP contribution >= 0.6 is 15.9 Å².